The van der Waals surface area contributed by atoms with Gasteiger partial charge in [-0.25, -0.2) is 0 Å². The molecule has 0 aliphatic heterocycles. The van der Waals surface area contributed by atoms with Crippen molar-refractivity contribution >= 4 is 27.6 Å². The van der Waals surface area contributed by atoms with Gasteiger partial charge < -0.3 is 10.1 Å². The van der Waals surface area contributed by atoms with E-state index in [0.717, 1.165) is 10.2 Å². The molecule has 0 aromatic heterocycles. The summed E-state index contributed by atoms with van der Waals surface area (Å²) >= 11 is 3.52. The standard InChI is InChI=1S/C13H18BrNO2/c1-4-17-12(16)5-6-15-13-10(3)7-9(2)8-11(13)14/h7-8,15H,4-6H2,1-3H3. The first kappa shape index (κ1) is 14.0. The molecule has 0 atom stereocenters. The third-order valence-electron chi connectivity index (χ3n) is 2.37. The van der Waals surface area contributed by atoms with Crippen LogP contribution >= 0.6 is 15.9 Å². The summed E-state index contributed by atoms with van der Waals surface area (Å²) in [4.78, 5) is 11.2. The topological polar surface area (TPSA) is 38.3 Å². The predicted molar refractivity (Wildman–Crippen MR) is 73.4 cm³/mol. The summed E-state index contributed by atoms with van der Waals surface area (Å²) in [5.74, 6) is -0.166. The maximum absolute atomic E-state index is 11.2. The smallest absolute Gasteiger partial charge is 0.307 e. The first-order valence-corrected chi connectivity index (χ1v) is 6.50. The number of anilines is 1. The molecule has 1 aromatic rings. The minimum absolute atomic E-state index is 0.166. The van der Waals surface area contributed by atoms with Crippen LogP contribution in [-0.4, -0.2) is 19.1 Å². The first-order chi connectivity index (χ1) is 8.04. The number of hydrogen-bond donors (Lipinski definition) is 1. The fraction of sp³-hybridized carbons (Fsp3) is 0.462. The van der Waals surface area contributed by atoms with Crippen molar-refractivity contribution in [2.45, 2.75) is 27.2 Å². The van der Waals surface area contributed by atoms with E-state index in [1.165, 1.54) is 11.1 Å². The fourth-order valence-electron chi connectivity index (χ4n) is 1.66. The number of hydrogen-bond acceptors (Lipinski definition) is 3. The van der Waals surface area contributed by atoms with Crippen molar-refractivity contribution in [1.29, 1.82) is 0 Å². The van der Waals surface area contributed by atoms with Gasteiger partial charge in [-0.2, -0.15) is 0 Å². The quantitative estimate of drug-likeness (QED) is 0.847. The Bertz CT molecular complexity index is 381. The third kappa shape index (κ3) is 4.38. The molecule has 4 heteroatoms. The summed E-state index contributed by atoms with van der Waals surface area (Å²) in [7, 11) is 0. The van der Waals surface area contributed by atoms with Gasteiger partial charge in [0.05, 0.1) is 18.7 Å². The second kappa shape index (κ2) is 6.64. The summed E-state index contributed by atoms with van der Waals surface area (Å²) in [6.45, 7) is 6.93. The molecule has 1 N–H and O–H groups in total. The molecule has 0 bridgehead atoms. The lowest BCUT2D eigenvalue weighted by molar-refractivity contribution is -0.142. The Morgan fingerprint density at radius 1 is 1.41 bits per heavy atom. The SMILES string of the molecule is CCOC(=O)CCNc1c(C)cc(C)cc1Br. The Kier molecular flexibility index (Phi) is 5.48. The van der Waals surface area contributed by atoms with E-state index in [9.17, 15) is 4.79 Å². The van der Waals surface area contributed by atoms with Crippen LogP contribution in [0.1, 0.15) is 24.5 Å². The van der Waals surface area contributed by atoms with E-state index in [0.29, 0.717) is 19.6 Å². The average molecular weight is 300 g/mol. The average Bonchev–Trinajstić information content (AvgIpc) is 2.22. The highest BCUT2D eigenvalue weighted by Crippen LogP contribution is 2.27. The summed E-state index contributed by atoms with van der Waals surface area (Å²) in [6.07, 6.45) is 0.383. The van der Waals surface area contributed by atoms with E-state index < -0.39 is 0 Å². The zero-order valence-corrected chi connectivity index (χ0v) is 12.1. The van der Waals surface area contributed by atoms with Crippen molar-refractivity contribution in [2.75, 3.05) is 18.5 Å². The molecule has 1 aromatic carbocycles. The second-order valence-corrected chi connectivity index (χ2v) is 4.77. The molecule has 0 spiro atoms. The van der Waals surface area contributed by atoms with Gasteiger partial charge in [-0.15, -0.1) is 0 Å². The summed E-state index contributed by atoms with van der Waals surface area (Å²) in [5, 5.41) is 3.25. The van der Waals surface area contributed by atoms with Gasteiger partial charge in [-0.3, -0.25) is 4.79 Å². The molecule has 0 aliphatic rings. The first-order valence-electron chi connectivity index (χ1n) is 5.70. The molecule has 3 nitrogen and oxygen atoms in total. The molecule has 0 heterocycles. The Morgan fingerprint density at radius 3 is 2.71 bits per heavy atom. The van der Waals surface area contributed by atoms with Crippen LogP contribution < -0.4 is 5.32 Å². The molecule has 0 unspecified atom stereocenters. The third-order valence-corrected chi connectivity index (χ3v) is 2.99. The van der Waals surface area contributed by atoms with Crippen LogP contribution in [0.2, 0.25) is 0 Å². The van der Waals surface area contributed by atoms with Crippen LogP contribution in [0.5, 0.6) is 0 Å². The maximum Gasteiger partial charge on any atom is 0.307 e. The molecular weight excluding hydrogens is 282 g/mol. The number of carbonyl (C=O) groups excluding carboxylic acids is 1. The Hall–Kier alpha value is -1.03. The van der Waals surface area contributed by atoms with Gasteiger partial charge in [0.25, 0.3) is 0 Å². The van der Waals surface area contributed by atoms with Gasteiger partial charge in [0, 0.05) is 11.0 Å². The molecule has 0 radical (unpaired) electrons. The molecule has 1 rings (SSSR count). The highest BCUT2D eigenvalue weighted by Gasteiger charge is 2.06. The van der Waals surface area contributed by atoms with Crippen LogP contribution in [0, 0.1) is 13.8 Å². The van der Waals surface area contributed by atoms with Crippen LogP contribution in [0.4, 0.5) is 5.69 Å². The number of benzene rings is 1. The van der Waals surface area contributed by atoms with E-state index in [4.69, 9.17) is 4.74 Å². The Balaban J connectivity index is 2.55. The number of ether oxygens (including phenoxy) is 1. The van der Waals surface area contributed by atoms with Crippen LogP contribution in [0.25, 0.3) is 0 Å². The van der Waals surface area contributed by atoms with Gasteiger partial charge >= 0.3 is 5.97 Å². The van der Waals surface area contributed by atoms with Crippen molar-refractivity contribution in [2.24, 2.45) is 0 Å². The predicted octanol–water partition coefficient (Wildman–Crippen LogP) is 3.43. The Labute approximate surface area is 111 Å². The fourth-order valence-corrected chi connectivity index (χ4v) is 2.48. The van der Waals surface area contributed by atoms with Crippen LogP contribution in [-0.2, 0) is 9.53 Å². The number of esters is 1. The number of halogens is 1. The molecule has 0 fully saturated rings. The van der Waals surface area contributed by atoms with Gasteiger partial charge in [-0.05, 0) is 53.9 Å². The normalized spacial score (nSPS) is 10.1. The zero-order valence-electron chi connectivity index (χ0n) is 10.5. The van der Waals surface area contributed by atoms with E-state index in [1.807, 2.05) is 13.8 Å². The largest absolute Gasteiger partial charge is 0.466 e. The molecule has 0 aliphatic carbocycles. The summed E-state index contributed by atoms with van der Waals surface area (Å²) < 4.78 is 5.90. The molecule has 0 amide bonds. The highest BCUT2D eigenvalue weighted by molar-refractivity contribution is 9.10. The molecule has 0 saturated heterocycles. The van der Waals surface area contributed by atoms with Crippen molar-refractivity contribution in [1.82, 2.24) is 0 Å². The van der Waals surface area contributed by atoms with Gasteiger partial charge in [0.1, 0.15) is 0 Å². The lowest BCUT2D eigenvalue weighted by atomic mass is 10.1. The number of rotatable bonds is 5. The van der Waals surface area contributed by atoms with Crippen LogP contribution in [0.15, 0.2) is 16.6 Å². The van der Waals surface area contributed by atoms with Gasteiger partial charge in [0.2, 0.25) is 0 Å². The molecule has 94 valence electrons. The maximum atomic E-state index is 11.2. The summed E-state index contributed by atoms with van der Waals surface area (Å²) in [5.41, 5.74) is 3.42. The Morgan fingerprint density at radius 2 is 2.12 bits per heavy atom. The highest BCUT2D eigenvalue weighted by atomic mass is 79.9. The van der Waals surface area contributed by atoms with E-state index >= 15 is 0 Å². The van der Waals surface area contributed by atoms with Gasteiger partial charge in [0.15, 0.2) is 0 Å². The second-order valence-electron chi connectivity index (χ2n) is 3.92. The number of nitrogens with one attached hydrogen (secondary N) is 1. The van der Waals surface area contributed by atoms with Crippen molar-refractivity contribution in [3.05, 3.63) is 27.7 Å². The summed E-state index contributed by atoms with van der Waals surface area (Å²) in [6, 6.07) is 4.16. The minimum Gasteiger partial charge on any atom is -0.466 e. The lowest BCUT2D eigenvalue weighted by Gasteiger charge is -2.12. The van der Waals surface area contributed by atoms with Gasteiger partial charge in [-0.1, -0.05) is 6.07 Å². The minimum atomic E-state index is -0.166. The van der Waals surface area contributed by atoms with Crippen molar-refractivity contribution < 1.29 is 9.53 Å². The van der Waals surface area contributed by atoms with E-state index in [-0.39, 0.29) is 5.97 Å². The molecular formula is C13H18BrNO2. The van der Waals surface area contributed by atoms with Crippen molar-refractivity contribution in [3.8, 4) is 0 Å². The monoisotopic (exact) mass is 299 g/mol. The van der Waals surface area contributed by atoms with E-state index in [1.54, 1.807) is 0 Å². The molecule has 0 saturated carbocycles. The van der Waals surface area contributed by atoms with Crippen LogP contribution in [0.3, 0.4) is 0 Å². The van der Waals surface area contributed by atoms with Crippen molar-refractivity contribution in [3.63, 3.8) is 0 Å². The number of aryl methyl sites for hydroxylation is 2. The molecule has 17 heavy (non-hydrogen) atoms. The zero-order chi connectivity index (χ0) is 12.8. The number of carbonyl (C=O) groups is 1. The lowest BCUT2D eigenvalue weighted by Crippen LogP contribution is -2.12. The van der Waals surface area contributed by atoms with E-state index in [2.05, 4.69) is 40.3 Å².